The van der Waals surface area contributed by atoms with Gasteiger partial charge in [-0.3, -0.25) is 14.9 Å². The Bertz CT molecular complexity index is 1050. The summed E-state index contributed by atoms with van der Waals surface area (Å²) in [6, 6.07) is 11.4. The lowest BCUT2D eigenvalue weighted by molar-refractivity contribution is -0.384. The predicted molar refractivity (Wildman–Crippen MR) is 102 cm³/mol. The van der Waals surface area contributed by atoms with Gasteiger partial charge in [0.25, 0.3) is 11.6 Å². The van der Waals surface area contributed by atoms with Crippen molar-refractivity contribution < 1.29 is 28.5 Å². The Morgan fingerprint density at radius 1 is 1.13 bits per heavy atom. The Morgan fingerprint density at radius 3 is 2.43 bits per heavy atom. The number of carbonyl (C=O) groups is 2. The Morgan fingerprint density at radius 2 is 1.83 bits per heavy atom. The third kappa shape index (κ3) is 5.61. The zero-order valence-electron chi connectivity index (χ0n) is 15.7. The van der Waals surface area contributed by atoms with Crippen LogP contribution in [0.5, 0.6) is 5.75 Å². The van der Waals surface area contributed by atoms with Crippen molar-refractivity contribution in [3.63, 3.8) is 0 Å². The highest BCUT2D eigenvalue weighted by molar-refractivity contribution is 5.95. The molecular formula is C19H16N4O7. The maximum absolute atomic E-state index is 12.1. The summed E-state index contributed by atoms with van der Waals surface area (Å²) in [7, 11) is 0. The molecule has 0 bridgehead atoms. The molecule has 0 atom stereocenters. The van der Waals surface area contributed by atoms with Gasteiger partial charge in [0.1, 0.15) is 5.75 Å². The van der Waals surface area contributed by atoms with Crippen LogP contribution >= 0.6 is 0 Å². The van der Waals surface area contributed by atoms with E-state index in [1.807, 2.05) is 0 Å². The fourth-order valence-electron chi connectivity index (χ4n) is 2.31. The lowest BCUT2D eigenvalue weighted by Gasteiger charge is -2.07. The first kappa shape index (κ1) is 20.5. The van der Waals surface area contributed by atoms with Crippen LogP contribution in [0.15, 0.2) is 53.1 Å². The van der Waals surface area contributed by atoms with Crippen molar-refractivity contribution in [2.45, 2.75) is 13.5 Å². The SMILES string of the molecule is Cc1nc(COc2ccc(C(=O)OCC(=O)Nc3ccc([N+](=O)[O-])cc3)cc2)no1. The number of aryl methyl sites for hydroxylation is 1. The van der Waals surface area contributed by atoms with Gasteiger partial charge in [-0.05, 0) is 36.4 Å². The summed E-state index contributed by atoms with van der Waals surface area (Å²) < 4.78 is 15.3. The van der Waals surface area contributed by atoms with Gasteiger partial charge in [0.05, 0.1) is 10.5 Å². The number of nitro benzene ring substituents is 1. The summed E-state index contributed by atoms with van der Waals surface area (Å²) in [6.07, 6.45) is 0. The van der Waals surface area contributed by atoms with Gasteiger partial charge in [-0.25, -0.2) is 4.79 Å². The minimum Gasteiger partial charge on any atom is -0.485 e. The van der Waals surface area contributed by atoms with Crippen molar-refractivity contribution in [1.29, 1.82) is 0 Å². The van der Waals surface area contributed by atoms with Gasteiger partial charge in [-0.15, -0.1) is 0 Å². The summed E-state index contributed by atoms with van der Waals surface area (Å²) in [5.41, 5.74) is 0.486. The number of nitrogens with one attached hydrogen (secondary N) is 1. The number of ether oxygens (including phenoxy) is 2. The Balaban J connectivity index is 1.45. The van der Waals surface area contributed by atoms with E-state index in [-0.39, 0.29) is 17.9 Å². The first-order valence-electron chi connectivity index (χ1n) is 8.64. The molecule has 30 heavy (non-hydrogen) atoms. The van der Waals surface area contributed by atoms with Crippen LogP contribution in [-0.4, -0.2) is 33.5 Å². The molecule has 0 unspecified atom stereocenters. The minimum absolute atomic E-state index is 0.0979. The molecule has 0 spiro atoms. The maximum atomic E-state index is 12.1. The average Bonchev–Trinajstić information content (AvgIpc) is 3.16. The number of carbonyl (C=O) groups excluding carboxylic acids is 2. The second kappa shape index (κ2) is 9.28. The van der Waals surface area contributed by atoms with Gasteiger partial charge in [-0.2, -0.15) is 4.98 Å². The minimum atomic E-state index is -0.686. The van der Waals surface area contributed by atoms with Crippen molar-refractivity contribution in [3.05, 3.63) is 75.9 Å². The zero-order valence-corrected chi connectivity index (χ0v) is 15.7. The van der Waals surface area contributed by atoms with E-state index in [1.165, 1.54) is 36.4 Å². The fourth-order valence-corrected chi connectivity index (χ4v) is 2.31. The number of anilines is 1. The molecule has 11 heteroatoms. The van der Waals surface area contributed by atoms with Gasteiger partial charge in [0.2, 0.25) is 11.7 Å². The number of esters is 1. The van der Waals surface area contributed by atoms with Gasteiger partial charge in [-0.1, -0.05) is 5.16 Å². The standard InChI is InChI=1S/C19H16N4O7/c1-12-20-17(22-30-12)10-28-16-8-2-13(3-9-16)19(25)29-11-18(24)21-14-4-6-15(7-5-14)23(26)27/h2-9H,10-11H2,1H3,(H,21,24). The Hall–Kier alpha value is -4.28. The summed E-state index contributed by atoms with van der Waals surface area (Å²) in [6.45, 7) is 1.28. The van der Waals surface area contributed by atoms with Crippen LogP contribution in [0.1, 0.15) is 22.1 Å². The van der Waals surface area contributed by atoms with Crippen molar-refractivity contribution in [1.82, 2.24) is 10.1 Å². The van der Waals surface area contributed by atoms with E-state index in [1.54, 1.807) is 19.1 Å². The molecule has 0 saturated heterocycles. The molecule has 0 aliphatic heterocycles. The maximum Gasteiger partial charge on any atom is 0.338 e. The average molecular weight is 412 g/mol. The van der Waals surface area contributed by atoms with Crippen LogP contribution < -0.4 is 10.1 Å². The van der Waals surface area contributed by atoms with E-state index in [0.29, 0.717) is 23.2 Å². The first-order valence-corrected chi connectivity index (χ1v) is 8.64. The number of aromatic nitrogens is 2. The molecule has 11 nitrogen and oxygen atoms in total. The van der Waals surface area contributed by atoms with Gasteiger partial charge < -0.3 is 19.3 Å². The summed E-state index contributed by atoms with van der Waals surface area (Å²) in [5.74, 6) is 0.0611. The molecule has 154 valence electrons. The molecule has 0 saturated carbocycles. The molecule has 0 aliphatic rings. The van der Waals surface area contributed by atoms with Gasteiger partial charge in [0.15, 0.2) is 13.2 Å². The van der Waals surface area contributed by atoms with Crippen LogP contribution in [0.25, 0.3) is 0 Å². The van der Waals surface area contributed by atoms with Crippen LogP contribution in [0, 0.1) is 17.0 Å². The van der Waals surface area contributed by atoms with Gasteiger partial charge in [0, 0.05) is 24.7 Å². The van der Waals surface area contributed by atoms with Crippen LogP contribution in [0.2, 0.25) is 0 Å². The molecule has 1 amide bonds. The summed E-state index contributed by atoms with van der Waals surface area (Å²) in [5, 5.41) is 16.8. The summed E-state index contributed by atoms with van der Waals surface area (Å²) >= 11 is 0. The lowest BCUT2D eigenvalue weighted by Crippen LogP contribution is -2.20. The number of rotatable bonds is 8. The van der Waals surface area contributed by atoms with E-state index in [9.17, 15) is 19.7 Å². The molecular weight excluding hydrogens is 396 g/mol. The van der Waals surface area contributed by atoms with E-state index >= 15 is 0 Å². The van der Waals surface area contributed by atoms with E-state index < -0.39 is 23.4 Å². The smallest absolute Gasteiger partial charge is 0.338 e. The third-order valence-electron chi connectivity index (χ3n) is 3.72. The van der Waals surface area contributed by atoms with Crippen molar-refractivity contribution >= 4 is 23.3 Å². The molecule has 1 N–H and O–H groups in total. The van der Waals surface area contributed by atoms with Crippen LogP contribution in [-0.2, 0) is 16.1 Å². The number of hydrogen-bond donors (Lipinski definition) is 1. The molecule has 0 fully saturated rings. The molecule has 1 aromatic heterocycles. The van der Waals surface area contributed by atoms with Crippen molar-refractivity contribution in [2.24, 2.45) is 0 Å². The number of nitrogens with zero attached hydrogens (tertiary/aromatic N) is 3. The van der Waals surface area contributed by atoms with E-state index in [2.05, 4.69) is 15.5 Å². The number of nitro groups is 1. The molecule has 2 aromatic carbocycles. The summed E-state index contributed by atoms with van der Waals surface area (Å²) in [4.78, 5) is 38.0. The Labute approximate surface area is 169 Å². The van der Waals surface area contributed by atoms with Crippen LogP contribution in [0.3, 0.4) is 0 Å². The van der Waals surface area contributed by atoms with Crippen molar-refractivity contribution in [2.75, 3.05) is 11.9 Å². The van der Waals surface area contributed by atoms with Crippen molar-refractivity contribution in [3.8, 4) is 5.75 Å². The van der Waals surface area contributed by atoms with Gasteiger partial charge >= 0.3 is 5.97 Å². The monoisotopic (exact) mass is 412 g/mol. The number of hydrogen-bond acceptors (Lipinski definition) is 9. The second-order valence-electron chi connectivity index (χ2n) is 5.97. The van der Waals surface area contributed by atoms with Crippen LogP contribution in [0.4, 0.5) is 11.4 Å². The number of non-ortho nitro benzene ring substituents is 1. The molecule has 1 heterocycles. The van der Waals surface area contributed by atoms with E-state index in [0.717, 1.165) is 0 Å². The highest BCUT2D eigenvalue weighted by Crippen LogP contribution is 2.16. The molecule has 0 aliphatic carbocycles. The molecule has 0 radical (unpaired) electrons. The second-order valence-corrected chi connectivity index (χ2v) is 5.97. The highest BCUT2D eigenvalue weighted by Gasteiger charge is 2.12. The third-order valence-corrected chi connectivity index (χ3v) is 3.72. The topological polar surface area (TPSA) is 147 Å². The quantitative estimate of drug-likeness (QED) is 0.335. The largest absolute Gasteiger partial charge is 0.485 e. The normalized spacial score (nSPS) is 10.3. The molecule has 3 aromatic rings. The fraction of sp³-hybridized carbons (Fsp3) is 0.158. The first-order chi connectivity index (χ1) is 14.4. The number of amides is 1. The molecule has 3 rings (SSSR count). The lowest BCUT2D eigenvalue weighted by atomic mass is 10.2. The number of benzene rings is 2. The zero-order chi connectivity index (χ0) is 21.5. The van der Waals surface area contributed by atoms with E-state index in [4.69, 9.17) is 14.0 Å². The Kier molecular flexibility index (Phi) is 6.33. The predicted octanol–water partition coefficient (Wildman–Crippen LogP) is 2.66. The highest BCUT2D eigenvalue weighted by atomic mass is 16.6.